The number of carbonyl (C=O) groups is 1. The first kappa shape index (κ1) is 23.5. The third-order valence-corrected chi connectivity index (χ3v) is 6.99. The third-order valence-electron chi connectivity index (χ3n) is 6.46. The molecule has 0 spiro atoms. The van der Waals surface area contributed by atoms with Crippen molar-refractivity contribution in [3.05, 3.63) is 94.2 Å². The topological polar surface area (TPSA) is 71.2 Å². The second-order valence-corrected chi connectivity index (χ2v) is 9.76. The number of hydrazone groups is 1. The molecule has 5 rings (SSSR count). The van der Waals surface area contributed by atoms with Gasteiger partial charge in [0, 0.05) is 16.7 Å². The van der Waals surface area contributed by atoms with Gasteiger partial charge in [-0.05, 0) is 73.0 Å². The Morgan fingerprint density at radius 3 is 2.43 bits per heavy atom. The van der Waals surface area contributed by atoms with Crippen molar-refractivity contribution in [1.82, 2.24) is 4.90 Å². The third kappa shape index (κ3) is 4.94. The van der Waals surface area contributed by atoms with Gasteiger partial charge in [-0.3, -0.25) is 9.80 Å². The van der Waals surface area contributed by atoms with Gasteiger partial charge in [-0.15, -0.1) is 0 Å². The number of amides is 1. The summed E-state index contributed by atoms with van der Waals surface area (Å²) in [7, 11) is 0. The summed E-state index contributed by atoms with van der Waals surface area (Å²) in [6, 6.07) is 21.9. The molecule has 35 heavy (non-hydrogen) atoms. The Balaban J connectivity index is 1.44. The summed E-state index contributed by atoms with van der Waals surface area (Å²) in [5.74, 6) is -0.546. The molecule has 3 aromatic rings. The Morgan fingerprint density at radius 1 is 1.06 bits per heavy atom. The SMILES string of the molecule is C[C@@H]1O[C@H](C2CN(c3ccc(Br)cc3)N=C2c2ccc(F)cc2)N(CCc2ccc(N)cc2)C1=O. The first-order chi connectivity index (χ1) is 16.9. The zero-order valence-corrected chi connectivity index (χ0v) is 20.9. The number of ether oxygens (including phenoxy) is 1. The van der Waals surface area contributed by atoms with E-state index in [4.69, 9.17) is 15.6 Å². The summed E-state index contributed by atoms with van der Waals surface area (Å²) in [4.78, 5) is 14.9. The predicted molar refractivity (Wildman–Crippen MR) is 139 cm³/mol. The number of hydrogen-bond acceptors (Lipinski definition) is 5. The maximum Gasteiger partial charge on any atom is 0.253 e. The van der Waals surface area contributed by atoms with Crippen LogP contribution in [0.15, 0.2) is 82.4 Å². The van der Waals surface area contributed by atoms with E-state index in [1.165, 1.54) is 12.1 Å². The Hall–Kier alpha value is -3.23. The Morgan fingerprint density at radius 2 is 1.74 bits per heavy atom. The number of carbonyl (C=O) groups excluding carboxylic acids is 1. The minimum Gasteiger partial charge on any atom is -0.399 e. The molecule has 2 N–H and O–H groups in total. The number of anilines is 2. The molecule has 3 atom stereocenters. The van der Waals surface area contributed by atoms with Gasteiger partial charge in [-0.2, -0.15) is 5.10 Å². The molecule has 1 saturated heterocycles. The van der Waals surface area contributed by atoms with Gasteiger partial charge < -0.3 is 15.4 Å². The van der Waals surface area contributed by atoms with Crippen LogP contribution in [0.4, 0.5) is 15.8 Å². The van der Waals surface area contributed by atoms with E-state index in [-0.39, 0.29) is 17.6 Å². The standard InChI is InChI=1S/C27H26BrFN4O2/c1-17-26(34)32(15-14-18-2-10-22(30)11-3-18)27(35-17)24-16-33(23-12-6-20(28)7-13-23)31-25(24)19-4-8-21(29)9-5-19/h2-13,17,24,27H,14-16,30H2,1H3/t17-,24?,27+/m0/s1. The summed E-state index contributed by atoms with van der Waals surface area (Å²) in [6.07, 6.45) is -0.330. The lowest BCUT2D eigenvalue weighted by atomic mass is 9.95. The average molecular weight is 537 g/mol. The van der Waals surface area contributed by atoms with Gasteiger partial charge in [-0.25, -0.2) is 4.39 Å². The molecule has 0 aromatic heterocycles. The van der Waals surface area contributed by atoms with Crippen LogP contribution in [0.1, 0.15) is 18.1 Å². The molecule has 1 amide bonds. The minimum atomic E-state index is -0.539. The molecule has 0 aliphatic carbocycles. The number of nitrogen functional groups attached to an aromatic ring is 1. The number of hydrogen-bond donors (Lipinski definition) is 1. The molecule has 1 fully saturated rings. The zero-order valence-electron chi connectivity index (χ0n) is 19.3. The lowest BCUT2D eigenvalue weighted by Gasteiger charge is -2.29. The van der Waals surface area contributed by atoms with Crippen molar-refractivity contribution >= 4 is 38.9 Å². The fourth-order valence-electron chi connectivity index (χ4n) is 4.59. The predicted octanol–water partition coefficient (Wildman–Crippen LogP) is 4.83. The largest absolute Gasteiger partial charge is 0.399 e. The smallest absolute Gasteiger partial charge is 0.253 e. The summed E-state index contributed by atoms with van der Waals surface area (Å²) in [5.41, 5.74) is 10.1. The van der Waals surface area contributed by atoms with Gasteiger partial charge in [0.2, 0.25) is 0 Å². The summed E-state index contributed by atoms with van der Waals surface area (Å²) < 4.78 is 20.9. The maximum absolute atomic E-state index is 13.7. The molecule has 3 aromatic carbocycles. The lowest BCUT2D eigenvalue weighted by Crippen LogP contribution is -2.44. The van der Waals surface area contributed by atoms with E-state index in [0.29, 0.717) is 25.2 Å². The van der Waals surface area contributed by atoms with E-state index in [9.17, 15) is 9.18 Å². The normalized spacial score (nSPS) is 22.1. The second-order valence-electron chi connectivity index (χ2n) is 8.85. The molecule has 2 aliphatic heterocycles. The van der Waals surface area contributed by atoms with Crippen LogP contribution in [0.25, 0.3) is 0 Å². The van der Waals surface area contributed by atoms with Crippen LogP contribution in [0.5, 0.6) is 0 Å². The average Bonchev–Trinajstić information content (AvgIpc) is 3.41. The van der Waals surface area contributed by atoms with Gasteiger partial charge in [0.1, 0.15) is 18.1 Å². The molecular formula is C27H26BrFN4O2. The Kier molecular flexibility index (Phi) is 6.58. The minimum absolute atomic E-state index is 0.0361. The summed E-state index contributed by atoms with van der Waals surface area (Å²) >= 11 is 3.48. The van der Waals surface area contributed by atoms with E-state index in [2.05, 4.69) is 15.9 Å². The van der Waals surface area contributed by atoms with E-state index < -0.39 is 12.3 Å². The maximum atomic E-state index is 13.7. The van der Waals surface area contributed by atoms with Crippen LogP contribution in [-0.2, 0) is 16.0 Å². The fourth-order valence-corrected chi connectivity index (χ4v) is 4.86. The van der Waals surface area contributed by atoms with E-state index in [0.717, 1.165) is 27.0 Å². The van der Waals surface area contributed by atoms with Gasteiger partial charge >= 0.3 is 0 Å². The van der Waals surface area contributed by atoms with Gasteiger partial charge in [0.05, 0.1) is 23.9 Å². The van der Waals surface area contributed by atoms with E-state index in [1.54, 1.807) is 19.1 Å². The quantitative estimate of drug-likeness (QED) is 0.458. The van der Waals surface area contributed by atoms with Crippen molar-refractivity contribution in [3.8, 4) is 0 Å². The highest BCUT2D eigenvalue weighted by atomic mass is 79.9. The second kappa shape index (κ2) is 9.79. The molecule has 0 bridgehead atoms. The van der Waals surface area contributed by atoms with Crippen molar-refractivity contribution in [3.63, 3.8) is 0 Å². The van der Waals surface area contributed by atoms with Crippen molar-refractivity contribution in [2.24, 2.45) is 11.0 Å². The monoisotopic (exact) mass is 536 g/mol. The van der Waals surface area contributed by atoms with Gasteiger partial charge in [0.15, 0.2) is 0 Å². The summed E-state index contributed by atoms with van der Waals surface area (Å²) in [6.45, 7) is 2.84. The first-order valence-corrected chi connectivity index (χ1v) is 12.4. The molecule has 2 heterocycles. The number of benzene rings is 3. The number of rotatable bonds is 6. The van der Waals surface area contributed by atoms with Crippen LogP contribution >= 0.6 is 15.9 Å². The lowest BCUT2D eigenvalue weighted by molar-refractivity contribution is -0.130. The molecule has 0 radical (unpaired) electrons. The van der Waals surface area contributed by atoms with Crippen LogP contribution in [0, 0.1) is 11.7 Å². The Bertz CT molecular complexity index is 1230. The number of nitrogens with two attached hydrogens (primary N) is 1. The zero-order chi connectivity index (χ0) is 24.5. The van der Waals surface area contributed by atoms with Crippen molar-refractivity contribution in [1.29, 1.82) is 0 Å². The van der Waals surface area contributed by atoms with Crippen molar-refractivity contribution in [2.75, 3.05) is 23.8 Å². The van der Waals surface area contributed by atoms with Crippen LogP contribution in [-0.4, -0.2) is 41.9 Å². The Labute approximate surface area is 212 Å². The molecule has 0 saturated carbocycles. The molecular weight excluding hydrogens is 511 g/mol. The highest BCUT2D eigenvalue weighted by Crippen LogP contribution is 2.34. The highest BCUT2D eigenvalue weighted by molar-refractivity contribution is 9.10. The van der Waals surface area contributed by atoms with Gasteiger partial charge in [-0.1, -0.05) is 40.2 Å². The highest BCUT2D eigenvalue weighted by Gasteiger charge is 2.46. The molecule has 8 heteroatoms. The van der Waals surface area contributed by atoms with Crippen molar-refractivity contribution < 1.29 is 13.9 Å². The molecule has 2 aliphatic rings. The van der Waals surface area contributed by atoms with Crippen LogP contribution in [0.2, 0.25) is 0 Å². The van der Waals surface area contributed by atoms with E-state index in [1.807, 2.05) is 58.4 Å². The van der Waals surface area contributed by atoms with Crippen molar-refractivity contribution in [2.45, 2.75) is 25.7 Å². The number of halogens is 2. The molecule has 6 nitrogen and oxygen atoms in total. The fraction of sp³-hybridized carbons (Fsp3) is 0.259. The number of nitrogens with zero attached hydrogens (tertiary/aromatic N) is 3. The molecule has 1 unspecified atom stereocenters. The first-order valence-electron chi connectivity index (χ1n) is 11.6. The van der Waals surface area contributed by atoms with Crippen LogP contribution in [0.3, 0.4) is 0 Å². The van der Waals surface area contributed by atoms with Gasteiger partial charge in [0.25, 0.3) is 5.91 Å². The van der Waals surface area contributed by atoms with Crippen LogP contribution < -0.4 is 10.7 Å². The van der Waals surface area contributed by atoms with E-state index >= 15 is 0 Å². The molecule has 180 valence electrons. The summed E-state index contributed by atoms with van der Waals surface area (Å²) in [5, 5.41) is 6.83.